The largest absolute Gasteiger partial charge is 0.300 e. The van der Waals surface area contributed by atoms with Gasteiger partial charge in [0.15, 0.2) is 0 Å². The first-order valence-corrected chi connectivity index (χ1v) is 5.52. The summed E-state index contributed by atoms with van der Waals surface area (Å²) in [6.45, 7) is 9.69. The number of hydrogen-bond acceptors (Lipinski definition) is 1. The monoisotopic (exact) mass is 169 g/mol. The molecule has 1 nitrogen and oxygen atoms in total. The lowest BCUT2D eigenvalue weighted by molar-refractivity contribution is 0.123. The summed E-state index contributed by atoms with van der Waals surface area (Å²) >= 11 is 0. The first-order chi connectivity index (χ1) is 5.77. The molecule has 1 rings (SSSR count). The van der Waals surface area contributed by atoms with Gasteiger partial charge in [-0.25, -0.2) is 0 Å². The molecule has 0 aliphatic carbocycles. The minimum atomic E-state index is 0.854. The van der Waals surface area contributed by atoms with Gasteiger partial charge in [0.2, 0.25) is 0 Å². The van der Waals surface area contributed by atoms with Crippen molar-refractivity contribution >= 4 is 0 Å². The second kappa shape index (κ2) is 4.86. The normalized spacial score (nSPS) is 26.5. The fraction of sp³-hybridized carbons (Fsp3) is 1.00. The highest BCUT2D eigenvalue weighted by molar-refractivity contribution is 4.75. The standard InChI is InChI=1S/C11H23N/c1-4-11(5-2)12-8-6-7-10(3)9-12/h10-11H,4-9H2,1-3H3/t10-/m0/s1. The zero-order chi connectivity index (χ0) is 8.97. The van der Waals surface area contributed by atoms with Crippen LogP contribution in [0, 0.1) is 5.92 Å². The van der Waals surface area contributed by atoms with E-state index in [9.17, 15) is 0 Å². The van der Waals surface area contributed by atoms with Crippen LogP contribution in [0.3, 0.4) is 0 Å². The summed E-state index contributed by atoms with van der Waals surface area (Å²) in [7, 11) is 0. The predicted octanol–water partition coefficient (Wildman–Crippen LogP) is 2.91. The van der Waals surface area contributed by atoms with Crippen LogP contribution in [0.4, 0.5) is 0 Å². The first-order valence-electron chi connectivity index (χ1n) is 5.52. The van der Waals surface area contributed by atoms with E-state index in [4.69, 9.17) is 0 Å². The van der Waals surface area contributed by atoms with Gasteiger partial charge in [0.1, 0.15) is 0 Å². The van der Waals surface area contributed by atoms with E-state index < -0.39 is 0 Å². The van der Waals surface area contributed by atoms with Crippen LogP contribution in [0.5, 0.6) is 0 Å². The third-order valence-corrected chi connectivity index (χ3v) is 3.15. The molecule has 72 valence electrons. The molecule has 0 aromatic carbocycles. The summed E-state index contributed by atoms with van der Waals surface area (Å²) in [6.07, 6.45) is 5.50. The molecule has 0 aromatic rings. The van der Waals surface area contributed by atoms with E-state index in [0.29, 0.717) is 0 Å². The molecule has 1 aliphatic heterocycles. The molecule has 0 amide bonds. The average Bonchev–Trinajstić information content (AvgIpc) is 2.07. The molecule has 0 spiro atoms. The minimum Gasteiger partial charge on any atom is -0.300 e. The number of hydrogen-bond donors (Lipinski definition) is 0. The molecular formula is C11H23N. The van der Waals surface area contributed by atoms with Gasteiger partial charge in [-0.3, -0.25) is 0 Å². The molecule has 0 saturated carbocycles. The van der Waals surface area contributed by atoms with Gasteiger partial charge in [-0.15, -0.1) is 0 Å². The fourth-order valence-corrected chi connectivity index (χ4v) is 2.36. The van der Waals surface area contributed by atoms with Gasteiger partial charge in [-0.2, -0.15) is 0 Å². The summed E-state index contributed by atoms with van der Waals surface area (Å²) in [5, 5.41) is 0. The van der Waals surface area contributed by atoms with Crippen molar-refractivity contribution in [2.24, 2.45) is 5.92 Å². The number of piperidine rings is 1. The van der Waals surface area contributed by atoms with Crippen molar-refractivity contribution in [3.8, 4) is 0 Å². The van der Waals surface area contributed by atoms with E-state index in [-0.39, 0.29) is 0 Å². The first kappa shape index (κ1) is 10.0. The van der Waals surface area contributed by atoms with Crippen molar-refractivity contribution in [3.63, 3.8) is 0 Å². The quantitative estimate of drug-likeness (QED) is 0.628. The Hall–Kier alpha value is -0.0400. The lowest BCUT2D eigenvalue weighted by atomic mass is 9.97. The maximum Gasteiger partial charge on any atom is 0.00901 e. The van der Waals surface area contributed by atoms with Crippen molar-refractivity contribution in [1.29, 1.82) is 0 Å². The zero-order valence-electron chi connectivity index (χ0n) is 8.84. The molecule has 1 atom stereocenters. The summed E-state index contributed by atoms with van der Waals surface area (Å²) in [6, 6.07) is 0.854. The second-order valence-corrected chi connectivity index (χ2v) is 4.21. The van der Waals surface area contributed by atoms with E-state index >= 15 is 0 Å². The third-order valence-electron chi connectivity index (χ3n) is 3.15. The van der Waals surface area contributed by atoms with E-state index in [1.807, 2.05) is 0 Å². The van der Waals surface area contributed by atoms with E-state index in [1.54, 1.807) is 0 Å². The highest BCUT2D eigenvalue weighted by atomic mass is 15.2. The van der Waals surface area contributed by atoms with Gasteiger partial charge in [0.05, 0.1) is 0 Å². The maximum absolute atomic E-state index is 2.69. The van der Waals surface area contributed by atoms with Gasteiger partial charge in [-0.1, -0.05) is 20.8 Å². The lowest BCUT2D eigenvalue weighted by Gasteiger charge is -2.36. The van der Waals surface area contributed by atoms with Crippen LogP contribution >= 0.6 is 0 Å². The van der Waals surface area contributed by atoms with Crippen LogP contribution in [0.15, 0.2) is 0 Å². The number of likely N-dealkylation sites (tertiary alicyclic amines) is 1. The Morgan fingerprint density at radius 1 is 1.33 bits per heavy atom. The minimum absolute atomic E-state index is 0.854. The van der Waals surface area contributed by atoms with Crippen LogP contribution in [0.1, 0.15) is 46.5 Å². The molecule has 0 N–H and O–H groups in total. The Labute approximate surface area is 77.1 Å². The topological polar surface area (TPSA) is 3.24 Å². The maximum atomic E-state index is 2.69. The molecule has 0 unspecified atom stereocenters. The van der Waals surface area contributed by atoms with Crippen LogP contribution in [-0.2, 0) is 0 Å². The fourth-order valence-electron chi connectivity index (χ4n) is 2.36. The number of nitrogens with zero attached hydrogens (tertiary/aromatic N) is 1. The molecule has 0 radical (unpaired) electrons. The van der Waals surface area contributed by atoms with E-state index in [1.165, 1.54) is 38.8 Å². The molecule has 1 saturated heterocycles. The molecule has 1 aliphatic rings. The van der Waals surface area contributed by atoms with Gasteiger partial charge >= 0.3 is 0 Å². The summed E-state index contributed by atoms with van der Waals surface area (Å²) < 4.78 is 0. The highest BCUT2D eigenvalue weighted by Crippen LogP contribution is 2.20. The van der Waals surface area contributed by atoms with Crippen molar-refractivity contribution in [3.05, 3.63) is 0 Å². The van der Waals surface area contributed by atoms with E-state index in [0.717, 1.165) is 12.0 Å². The van der Waals surface area contributed by atoms with E-state index in [2.05, 4.69) is 25.7 Å². The van der Waals surface area contributed by atoms with Crippen LogP contribution < -0.4 is 0 Å². The number of rotatable bonds is 3. The van der Waals surface area contributed by atoms with Gasteiger partial charge in [0, 0.05) is 12.6 Å². The second-order valence-electron chi connectivity index (χ2n) is 4.21. The van der Waals surface area contributed by atoms with Crippen LogP contribution in [-0.4, -0.2) is 24.0 Å². The van der Waals surface area contributed by atoms with Crippen molar-refractivity contribution in [1.82, 2.24) is 4.90 Å². The van der Waals surface area contributed by atoms with Crippen LogP contribution in [0.2, 0.25) is 0 Å². The van der Waals surface area contributed by atoms with Crippen molar-refractivity contribution < 1.29 is 0 Å². The molecule has 1 fully saturated rings. The van der Waals surface area contributed by atoms with Crippen LogP contribution in [0.25, 0.3) is 0 Å². The van der Waals surface area contributed by atoms with Gasteiger partial charge < -0.3 is 4.90 Å². The SMILES string of the molecule is CCC(CC)N1CCC[C@H](C)C1. The van der Waals surface area contributed by atoms with Gasteiger partial charge in [0.25, 0.3) is 0 Å². The summed E-state index contributed by atoms with van der Waals surface area (Å²) in [5.41, 5.74) is 0. The molecule has 12 heavy (non-hydrogen) atoms. The third kappa shape index (κ3) is 2.48. The van der Waals surface area contributed by atoms with Crippen molar-refractivity contribution in [2.45, 2.75) is 52.5 Å². The highest BCUT2D eigenvalue weighted by Gasteiger charge is 2.20. The Morgan fingerprint density at radius 2 is 2.00 bits per heavy atom. The summed E-state index contributed by atoms with van der Waals surface area (Å²) in [4.78, 5) is 2.69. The average molecular weight is 169 g/mol. The smallest absolute Gasteiger partial charge is 0.00901 e. The molecule has 0 aromatic heterocycles. The zero-order valence-corrected chi connectivity index (χ0v) is 8.84. The molecule has 0 bridgehead atoms. The molecular weight excluding hydrogens is 146 g/mol. The Balaban J connectivity index is 2.38. The Kier molecular flexibility index (Phi) is 4.07. The molecule has 1 heteroatoms. The predicted molar refractivity (Wildman–Crippen MR) is 54.3 cm³/mol. The van der Waals surface area contributed by atoms with Gasteiger partial charge in [-0.05, 0) is 38.1 Å². The Morgan fingerprint density at radius 3 is 2.50 bits per heavy atom. The molecule has 1 heterocycles. The van der Waals surface area contributed by atoms with Crippen molar-refractivity contribution in [2.75, 3.05) is 13.1 Å². The Bertz CT molecular complexity index is 118. The lowest BCUT2D eigenvalue weighted by Crippen LogP contribution is -2.41. The summed E-state index contributed by atoms with van der Waals surface area (Å²) in [5.74, 6) is 0.930.